The smallest absolute Gasteiger partial charge is 0.165 e. The minimum atomic E-state index is 0.449. The summed E-state index contributed by atoms with van der Waals surface area (Å²) in [4.78, 5) is 11.1. The number of aldehydes is 1. The van der Waals surface area contributed by atoms with Crippen molar-refractivity contribution in [3.63, 3.8) is 0 Å². The molecule has 0 spiro atoms. The fourth-order valence-corrected chi connectivity index (χ4v) is 2.33. The largest absolute Gasteiger partial charge is 0.490 e. The number of hydrogen-bond donors (Lipinski definition) is 0. The van der Waals surface area contributed by atoms with Crippen molar-refractivity contribution < 1.29 is 14.3 Å². The molecule has 0 aromatic heterocycles. The van der Waals surface area contributed by atoms with Gasteiger partial charge < -0.3 is 9.47 Å². The van der Waals surface area contributed by atoms with Gasteiger partial charge in [0.25, 0.3) is 0 Å². The highest BCUT2D eigenvalue weighted by Crippen LogP contribution is 2.34. The minimum Gasteiger partial charge on any atom is -0.490 e. The van der Waals surface area contributed by atoms with Gasteiger partial charge in [0, 0.05) is 11.1 Å². The van der Waals surface area contributed by atoms with E-state index in [1.165, 1.54) is 5.56 Å². The molecule has 0 N–H and O–H groups in total. The molecule has 0 aliphatic rings. The van der Waals surface area contributed by atoms with Gasteiger partial charge in [0.05, 0.1) is 6.61 Å². The van der Waals surface area contributed by atoms with Crippen molar-refractivity contribution >= 4 is 6.29 Å². The maximum Gasteiger partial charge on any atom is 0.165 e. The Balaban J connectivity index is 2.31. The van der Waals surface area contributed by atoms with Crippen molar-refractivity contribution in [2.45, 2.75) is 26.9 Å². The molecular formula is C20H22O3. The van der Waals surface area contributed by atoms with Gasteiger partial charge >= 0.3 is 0 Å². The third-order valence-electron chi connectivity index (χ3n) is 3.46. The summed E-state index contributed by atoms with van der Waals surface area (Å²) in [5.41, 5.74) is 3.78. The number of hydrogen-bond acceptors (Lipinski definition) is 3. The normalized spacial score (nSPS) is 10.2. The first-order valence-electron chi connectivity index (χ1n) is 7.72. The number of ether oxygens (including phenoxy) is 2. The second kappa shape index (κ2) is 8.18. The molecule has 0 amide bonds. The van der Waals surface area contributed by atoms with Gasteiger partial charge in [-0.2, -0.15) is 0 Å². The third-order valence-corrected chi connectivity index (χ3v) is 3.46. The monoisotopic (exact) mass is 310 g/mol. The average Bonchev–Trinajstić information content (AvgIpc) is 2.56. The third kappa shape index (κ3) is 4.46. The lowest BCUT2D eigenvalue weighted by molar-refractivity contribution is 0.112. The number of carbonyl (C=O) groups is 1. The second-order valence-electron chi connectivity index (χ2n) is 5.33. The number of aryl methyl sites for hydroxylation is 1. The molecular weight excluding hydrogens is 288 g/mol. The quantitative estimate of drug-likeness (QED) is 0.531. The van der Waals surface area contributed by atoms with Crippen molar-refractivity contribution in [1.29, 1.82) is 0 Å². The Kier molecular flexibility index (Phi) is 5.98. The highest BCUT2D eigenvalue weighted by molar-refractivity contribution is 5.77. The van der Waals surface area contributed by atoms with E-state index in [4.69, 9.17) is 9.47 Å². The van der Waals surface area contributed by atoms with Crippen molar-refractivity contribution in [3.8, 4) is 11.5 Å². The van der Waals surface area contributed by atoms with Crippen molar-refractivity contribution in [3.05, 3.63) is 71.3 Å². The molecule has 0 radical (unpaired) electrons. The van der Waals surface area contributed by atoms with Gasteiger partial charge in [0.1, 0.15) is 12.9 Å². The Morgan fingerprint density at radius 1 is 1.13 bits per heavy atom. The highest BCUT2D eigenvalue weighted by Gasteiger charge is 2.13. The molecule has 2 rings (SSSR count). The SMILES string of the molecule is C=CCc1cc(C=O)cc(OCC)c1OCc1ccc(C)cc1. The summed E-state index contributed by atoms with van der Waals surface area (Å²) in [5, 5.41) is 0. The lowest BCUT2D eigenvalue weighted by Crippen LogP contribution is -2.04. The predicted molar refractivity (Wildman–Crippen MR) is 92.4 cm³/mol. The van der Waals surface area contributed by atoms with Crippen LogP contribution in [0.3, 0.4) is 0 Å². The van der Waals surface area contributed by atoms with E-state index in [2.05, 4.69) is 25.6 Å². The molecule has 120 valence electrons. The molecule has 0 aliphatic carbocycles. The van der Waals surface area contributed by atoms with Gasteiger partial charge in [0.15, 0.2) is 11.5 Å². The number of allylic oxidation sites excluding steroid dienone is 1. The van der Waals surface area contributed by atoms with Crippen LogP contribution in [0.15, 0.2) is 49.1 Å². The van der Waals surface area contributed by atoms with E-state index in [-0.39, 0.29) is 0 Å². The van der Waals surface area contributed by atoms with Crippen molar-refractivity contribution in [1.82, 2.24) is 0 Å². The van der Waals surface area contributed by atoms with E-state index >= 15 is 0 Å². The first-order chi connectivity index (χ1) is 11.2. The number of rotatable bonds is 8. The first kappa shape index (κ1) is 16.8. The molecule has 23 heavy (non-hydrogen) atoms. The lowest BCUT2D eigenvalue weighted by Gasteiger charge is -2.16. The molecule has 0 aliphatic heterocycles. The number of benzene rings is 2. The maximum atomic E-state index is 11.1. The summed E-state index contributed by atoms with van der Waals surface area (Å²) >= 11 is 0. The van der Waals surface area contributed by atoms with Gasteiger partial charge in [-0.3, -0.25) is 4.79 Å². The van der Waals surface area contributed by atoms with Crippen LogP contribution in [0.1, 0.15) is 34.0 Å². The Labute approximate surface area is 137 Å². The number of carbonyl (C=O) groups excluding carboxylic acids is 1. The van der Waals surface area contributed by atoms with E-state index < -0.39 is 0 Å². The average molecular weight is 310 g/mol. The molecule has 0 saturated heterocycles. The van der Waals surface area contributed by atoms with Crippen LogP contribution < -0.4 is 9.47 Å². The van der Waals surface area contributed by atoms with E-state index in [1.54, 1.807) is 12.1 Å². The van der Waals surface area contributed by atoms with Crippen LogP contribution in [0, 0.1) is 6.92 Å². The van der Waals surface area contributed by atoms with Gasteiger partial charge in [-0.25, -0.2) is 0 Å². The molecule has 0 fully saturated rings. The van der Waals surface area contributed by atoms with Crippen LogP contribution in [0.25, 0.3) is 0 Å². The zero-order valence-corrected chi connectivity index (χ0v) is 13.7. The Morgan fingerprint density at radius 3 is 2.48 bits per heavy atom. The summed E-state index contributed by atoms with van der Waals surface area (Å²) in [6.45, 7) is 8.69. The van der Waals surface area contributed by atoms with Gasteiger partial charge in [-0.05, 0) is 38.0 Å². The highest BCUT2D eigenvalue weighted by atomic mass is 16.5. The predicted octanol–water partition coefficient (Wildman–Crippen LogP) is 4.51. The van der Waals surface area contributed by atoms with Crippen molar-refractivity contribution in [2.24, 2.45) is 0 Å². The van der Waals surface area contributed by atoms with Crippen LogP contribution in [0.2, 0.25) is 0 Å². The van der Waals surface area contributed by atoms with Crippen LogP contribution >= 0.6 is 0 Å². The zero-order chi connectivity index (χ0) is 16.7. The van der Waals surface area contributed by atoms with E-state index in [0.717, 1.165) is 17.4 Å². The van der Waals surface area contributed by atoms with Gasteiger partial charge in [-0.15, -0.1) is 6.58 Å². The fraction of sp³-hybridized carbons (Fsp3) is 0.250. The van der Waals surface area contributed by atoms with Gasteiger partial charge in [-0.1, -0.05) is 35.9 Å². The maximum absolute atomic E-state index is 11.1. The molecule has 2 aromatic carbocycles. The van der Waals surface area contributed by atoms with E-state index in [1.807, 2.05) is 25.1 Å². The topological polar surface area (TPSA) is 35.5 Å². The van der Waals surface area contributed by atoms with Crippen LogP contribution in [-0.2, 0) is 13.0 Å². The molecule has 3 nitrogen and oxygen atoms in total. The summed E-state index contributed by atoms with van der Waals surface area (Å²) in [6, 6.07) is 11.7. The molecule has 0 bridgehead atoms. The molecule has 2 aromatic rings. The summed E-state index contributed by atoms with van der Waals surface area (Å²) in [6.07, 6.45) is 3.22. The fourth-order valence-electron chi connectivity index (χ4n) is 2.33. The molecule has 0 unspecified atom stereocenters. The molecule has 0 heterocycles. The molecule has 3 heteroatoms. The Bertz CT molecular complexity index is 672. The summed E-state index contributed by atoms with van der Waals surface area (Å²) < 4.78 is 11.7. The molecule has 0 saturated carbocycles. The van der Waals surface area contributed by atoms with Crippen molar-refractivity contribution in [2.75, 3.05) is 6.61 Å². The standard InChI is InChI=1S/C20H22O3/c1-4-6-18-11-17(13-21)12-19(22-5-2)20(18)23-14-16-9-7-15(3)8-10-16/h4,7-13H,1,5-6,14H2,2-3H3. The van der Waals surface area contributed by atoms with Crippen LogP contribution in [-0.4, -0.2) is 12.9 Å². The van der Waals surface area contributed by atoms with Gasteiger partial charge in [0.2, 0.25) is 0 Å². The van der Waals surface area contributed by atoms with E-state index in [9.17, 15) is 4.79 Å². The Morgan fingerprint density at radius 2 is 1.87 bits per heavy atom. The zero-order valence-electron chi connectivity index (χ0n) is 13.7. The Hall–Kier alpha value is -2.55. The van der Waals surface area contributed by atoms with E-state index in [0.29, 0.717) is 36.7 Å². The lowest BCUT2D eigenvalue weighted by atomic mass is 10.1. The minimum absolute atomic E-state index is 0.449. The first-order valence-corrected chi connectivity index (χ1v) is 7.72. The summed E-state index contributed by atoms with van der Waals surface area (Å²) in [7, 11) is 0. The second-order valence-corrected chi connectivity index (χ2v) is 5.33. The molecule has 0 atom stereocenters. The van der Waals surface area contributed by atoms with Crippen LogP contribution in [0.4, 0.5) is 0 Å². The van der Waals surface area contributed by atoms with Crippen LogP contribution in [0.5, 0.6) is 11.5 Å². The summed E-state index contributed by atoms with van der Waals surface area (Å²) in [5.74, 6) is 1.28.